The third-order valence-electron chi connectivity index (χ3n) is 5.77. The van der Waals surface area contributed by atoms with Crippen LogP contribution in [0, 0.1) is 5.92 Å². The summed E-state index contributed by atoms with van der Waals surface area (Å²) in [5.74, 6) is -1.24. The van der Waals surface area contributed by atoms with Crippen molar-refractivity contribution >= 4 is 23.4 Å². The highest BCUT2D eigenvalue weighted by atomic mass is 16.3. The van der Waals surface area contributed by atoms with E-state index in [-0.39, 0.29) is 40.3 Å². The van der Waals surface area contributed by atoms with Gasteiger partial charge >= 0.3 is 0 Å². The van der Waals surface area contributed by atoms with Gasteiger partial charge in [-0.25, -0.2) is 0 Å². The van der Waals surface area contributed by atoms with E-state index in [1.807, 2.05) is 30.3 Å². The van der Waals surface area contributed by atoms with E-state index in [4.69, 9.17) is 0 Å². The molecule has 8 heteroatoms. The van der Waals surface area contributed by atoms with E-state index in [1.165, 1.54) is 18.0 Å². The zero-order valence-electron chi connectivity index (χ0n) is 18.3. The molecule has 1 atom stereocenters. The molecule has 2 aromatic carbocycles. The van der Waals surface area contributed by atoms with Crippen LogP contribution in [0.3, 0.4) is 0 Å². The molecule has 166 valence electrons. The van der Waals surface area contributed by atoms with Crippen LogP contribution < -0.4 is 10.6 Å². The number of nitrogens with zero attached hydrogens (tertiary/aromatic N) is 2. The third-order valence-corrected chi connectivity index (χ3v) is 5.77. The molecule has 1 saturated carbocycles. The summed E-state index contributed by atoms with van der Waals surface area (Å²) in [7, 11) is 4.59. The first kappa shape index (κ1) is 21.4. The van der Waals surface area contributed by atoms with Crippen molar-refractivity contribution in [3.63, 3.8) is 0 Å². The van der Waals surface area contributed by atoms with Gasteiger partial charge in [0.15, 0.2) is 5.75 Å². The number of aromatic hydroxyl groups is 1. The van der Waals surface area contributed by atoms with Crippen molar-refractivity contribution < 1.29 is 19.5 Å². The van der Waals surface area contributed by atoms with Crippen molar-refractivity contribution in [2.24, 2.45) is 5.92 Å². The summed E-state index contributed by atoms with van der Waals surface area (Å²) in [6.45, 7) is 0. The summed E-state index contributed by atoms with van der Waals surface area (Å²) in [4.78, 5) is 40.5. The van der Waals surface area contributed by atoms with Gasteiger partial charge in [-0.2, -0.15) is 0 Å². The number of benzene rings is 2. The Morgan fingerprint density at radius 1 is 1.03 bits per heavy atom. The first-order valence-electron chi connectivity index (χ1n) is 10.5. The molecular formula is C24H26N4O4. The van der Waals surface area contributed by atoms with Crippen molar-refractivity contribution in [3.05, 3.63) is 71.1 Å². The largest absolute Gasteiger partial charge is 0.505 e. The van der Waals surface area contributed by atoms with Gasteiger partial charge in [-0.15, -0.1) is 0 Å². The number of hydrogen-bond acceptors (Lipinski definition) is 6. The predicted octanol–water partition coefficient (Wildman–Crippen LogP) is 2.46. The molecular weight excluding hydrogens is 408 g/mol. The van der Waals surface area contributed by atoms with Gasteiger partial charge in [-0.3, -0.25) is 19.3 Å². The van der Waals surface area contributed by atoms with Crippen molar-refractivity contribution in [2.45, 2.75) is 18.9 Å². The monoisotopic (exact) mass is 434 g/mol. The van der Waals surface area contributed by atoms with Gasteiger partial charge in [-0.1, -0.05) is 36.4 Å². The summed E-state index contributed by atoms with van der Waals surface area (Å²) >= 11 is 0. The van der Waals surface area contributed by atoms with Gasteiger partial charge in [0.2, 0.25) is 0 Å². The van der Waals surface area contributed by atoms with Crippen molar-refractivity contribution in [1.82, 2.24) is 15.1 Å². The molecule has 3 amide bonds. The number of anilines is 1. The zero-order chi connectivity index (χ0) is 23.0. The quantitative estimate of drug-likeness (QED) is 0.457. The number of likely N-dealkylation sites (N-methyl/N-ethyl adjacent to an activating group) is 1. The summed E-state index contributed by atoms with van der Waals surface area (Å²) in [5, 5.41) is 16.9. The van der Waals surface area contributed by atoms with Crippen molar-refractivity contribution in [1.29, 1.82) is 0 Å². The lowest BCUT2D eigenvalue weighted by Gasteiger charge is -2.21. The smallest absolute Gasteiger partial charge is 0.279 e. The lowest BCUT2D eigenvalue weighted by molar-refractivity contribution is -0.136. The van der Waals surface area contributed by atoms with Gasteiger partial charge < -0.3 is 20.6 Å². The average molecular weight is 434 g/mol. The fourth-order valence-electron chi connectivity index (χ4n) is 3.80. The van der Waals surface area contributed by atoms with Gasteiger partial charge in [0, 0.05) is 21.1 Å². The molecule has 8 nitrogen and oxygen atoms in total. The second-order valence-corrected chi connectivity index (χ2v) is 8.32. The number of nitrogens with one attached hydrogen (secondary N) is 2. The molecule has 32 heavy (non-hydrogen) atoms. The van der Waals surface area contributed by atoms with Crippen LogP contribution in [0.1, 0.15) is 34.8 Å². The number of phenols is 1. The molecule has 1 aliphatic heterocycles. The van der Waals surface area contributed by atoms with E-state index < -0.39 is 11.8 Å². The molecule has 0 unspecified atom stereocenters. The second kappa shape index (κ2) is 8.37. The molecule has 2 aromatic rings. The highest BCUT2D eigenvalue weighted by molar-refractivity contribution is 6.20. The number of rotatable bonds is 7. The first-order chi connectivity index (χ1) is 15.3. The van der Waals surface area contributed by atoms with Gasteiger partial charge in [0.1, 0.15) is 11.4 Å². The fourth-order valence-corrected chi connectivity index (χ4v) is 3.80. The van der Waals surface area contributed by atoms with Crippen LogP contribution in [0.4, 0.5) is 5.69 Å². The van der Waals surface area contributed by atoms with E-state index in [9.17, 15) is 19.5 Å². The molecule has 0 saturated heterocycles. The molecule has 0 bridgehead atoms. The Hall–Kier alpha value is -3.81. The van der Waals surface area contributed by atoms with Gasteiger partial charge in [0.05, 0.1) is 17.3 Å². The Bertz CT molecular complexity index is 1110. The van der Waals surface area contributed by atoms with E-state index in [0.717, 1.165) is 23.3 Å². The Morgan fingerprint density at radius 3 is 2.31 bits per heavy atom. The number of imide groups is 1. The number of phenolic OH excluding ortho intramolecular Hbond substituents is 1. The summed E-state index contributed by atoms with van der Waals surface area (Å²) in [6, 6.07) is 14.4. The first-order valence-corrected chi connectivity index (χ1v) is 10.5. The number of amides is 3. The minimum atomic E-state index is -0.510. The maximum atomic E-state index is 12.9. The minimum absolute atomic E-state index is 0.0452. The zero-order valence-corrected chi connectivity index (χ0v) is 18.3. The fraction of sp³-hybridized carbons (Fsp3) is 0.292. The minimum Gasteiger partial charge on any atom is -0.505 e. The number of carbonyl (C=O) groups excluding carboxylic acids is 3. The third kappa shape index (κ3) is 3.91. The van der Waals surface area contributed by atoms with Crippen LogP contribution in [-0.2, 0) is 9.59 Å². The maximum Gasteiger partial charge on any atom is 0.279 e. The van der Waals surface area contributed by atoms with Crippen LogP contribution in [0.2, 0.25) is 0 Å². The number of carbonyl (C=O) groups is 3. The highest BCUT2D eigenvalue weighted by Gasteiger charge is 2.40. The standard InChI is InChI=1S/C24H26N4O4/c1-27(2)22(30)16-10-7-11-17(21(16)29)25-19-20(24(32)28(3)23(19)31)26-18(15-12-13-15)14-8-5-4-6-9-14/h4-11,15,18,25-26,29H,12-13H2,1-3H3/t18-/m0/s1. The summed E-state index contributed by atoms with van der Waals surface area (Å²) in [5.41, 5.74) is 1.51. The van der Waals surface area contributed by atoms with Crippen LogP contribution in [0.25, 0.3) is 0 Å². The Labute approximate surface area is 186 Å². The lowest BCUT2D eigenvalue weighted by atomic mass is 10.0. The molecule has 1 aliphatic carbocycles. The summed E-state index contributed by atoms with van der Waals surface area (Å²) < 4.78 is 0. The Morgan fingerprint density at radius 2 is 1.69 bits per heavy atom. The van der Waals surface area contributed by atoms with Crippen LogP contribution in [0.5, 0.6) is 5.75 Å². The van der Waals surface area contributed by atoms with E-state index in [0.29, 0.717) is 5.92 Å². The van der Waals surface area contributed by atoms with E-state index >= 15 is 0 Å². The lowest BCUT2D eigenvalue weighted by Crippen LogP contribution is -2.32. The highest BCUT2D eigenvalue weighted by Crippen LogP contribution is 2.42. The van der Waals surface area contributed by atoms with Crippen LogP contribution in [0.15, 0.2) is 59.9 Å². The Balaban J connectivity index is 1.70. The molecule has 1 heterocycles. The molecule has 4 rings (SSSR count). The van der Waals surface area contributed by atoms with Crippen molar-refractivity contribution in [3.8, 4) is 5.75 Å². The Kier molecular flexibility index (Phi) is 5.61. The SMILES string of the molecule is CN(C)C(=O)c1cccc(NC2=C(N[C@@H](c3ccccc3)C3CC3)C(=O)N(C)C2=O)c1O. The molecule has 0 radical (unpaired) electrons. The molecule has 2 aliphatic rings. The topological polar surface area (TPSA) is 102 Å². The van der Waals surface area contributed by atoms with Crippen molar-refractivity contribution in [2.75, 3.05) is 26.5 Å². The molecule has 3 N–H and O–H groups in total. The molecule has 0 spiro atoms. The normalized spacial score (nSPS) is 16.9. The van der Waals surface area contributed by atoms with Crippen LogP contribution in [-0.4, -0.2) is 53.8 Å². The molecule has 1 fully saturated rings. The predicted molar refractivity (Wildman–Crippen MR) is 120 cm³/mol. The van der Waals surface area contributed by atoms with Gasteiger partial charge in [0.25, 0.3) is 17.7 Å². The van der Waals surface area contributed by atoms with Gasteiger partial charge in [-0.05, 0) is 36.5 Å². The average Bonchev–Trinajstić information content (AvgIpc) is 3.61. The molecule has 0 aromatic heterocycles. The van der Waals surface area contributed by atoms with E-state index in [2.05, 4.69) is 10.6 Å². The van der Waals surface area contributed by atoms with E-state index in [1.54, 1.807) is 26.2 Å². The number of hydrogen-bond donors (Lipinski definition) is 3. The second-order valence-electron chi connectivity index (χ2n) is 8.32. The maximum absolute atomic E-state index is 12.9. The van der Waals surface area contributed by atoms with Crippen LogP contribution >= 0.6 is 0 Å². The number of para-hydroxylation sites is 1. The summed E-state index contributed by atoms with van der Waals surface area (Å²) in [6.07, 6.45) is 2.08.